The number of thiocarbonyl (C=S) groups is 1. The van der Waals surface area contributed by atoms with Gasteiger partial charge in [0.25, 0.3) is 0 Å². The first-order chi connectivity index (χ1) is 11.0. The topological polar surface area (TPSA) is 44.0 Å². The number of pyridine rings is 1. The fourth-order valence-corrected chi connectivity index (χ4v) is 3.70. The fourth-order valence-electron chi connectivity index (χ4n) is 3.39. The van der Waals surface area contributed by atoms with Crippen LogP contribution in [0.1, 0.15) is 48.6 Å². The van der Waals surface area contributed by atoms with Crippen molar-refractivity contribution in [1.82, 2.24) is 20.2 Å². The van der Waals surface area contributed by atoms with Gasteiger partial charge in [0.15, 0.2) is 5.11 Å². The summed E-state index contributed by atoms with van der Waals surface area (Å²) in [5.74, 6) is 0.542. The van der Waals surface area contributed by atoms with Crippen LogP contribution in [-0.4, -0.2) is 26.5 Å². The third-order valence-electron chi connectivity index (χ3n) is 4.27. The molecule has 0 bridgehead atoms. The van der Waals surface area contributed by atoms with Crippen molar-refractivity contribution in [3.05, 3.63) is 53.1 Å². The maximum atomic E-state index is 5.64. The Balaban J connectivity index is 2.05. The van der Waals surface area contributed by atoms with Gasteiger partial charge in [-0.15, -0.1) is 0 Å². The lowest BCUT2D eigenvalue weighted by molar-refractivity contribution is 0.287. The second-order valence-corrected chi connectivity index (χ2v) is 7.09. The molecule has 0 spiro atoms. The molecule has 3 rings (SSSR count). The Morgan fingerprint density at radius 1 is 1.30 bits per heavy atom. The van der Waals surface area contributed by atoms with Crippen molar-refractivity contribution in [2.75, 3.05) is 6.54 Å². The molecule has 23 heavy (non-hydrogen) atoms. The summed E-state index contributed by atoms with van der Waals surface area (Å²) in [6, 6.07) is 8.54. The third kappa shape index (κ3) is 3.11. The maximum Gasteiger partial charge on any atom is 0.170 e. The molecule has 0 saturated carbocycles. The van der Waals surface area contributed by atoms with E-state index >= 15 is 0 Å². The second kappa shape index (κ2) is 6.32. The van der Waals surface area contributed by atoms with Gasteiger partial charge in [0.2, 0.25) is 0 Å². The van der Waals surface area contributed by atoms with Crippen LogP contribution in [0, 0.1) is 19.8 Å². The molecule has 1 aliphatic heterocycles. The van der Waals surface area contributed by atoms with Gasteiger partial charge in [-0.1, -0.05) is 19.9 Å². The Morgan fingerprint density at radius 2 is 2.09 bits per heavy atom. The van der Waals surface area contributed by atoms with Crippen LogP contribution in [0.25, 0.3) is 0 Å². The van der Waals surface area contributed by atoms with Gasteiger partial charge >= 0.3 is 0 Å². The van der Waals surface area contributed by atoms with Gasteiger partial charge in [0.05, 0.1) is 17.8 Å². The monoisotopic (exact) mass is 328 g/mol. The Bertz CT molecular complexity index is 692. The minimum Gasteiger partial charge on any atom is -0.362 e. The molecule has 0 amide bonds. The Labute approximate surface area is 143 Å². The van der Waals surface area contributed by atoms with Gasteiger partial charge in [-0.05, 0) is 55.7 Å². The maximum absolute atomic E-state index is 5.64. The van der Waals surface area contributed by atoms with E-state index in [1.165, 1.54) is 17.0 Å². The normalized spacial score (nSPS) is 21.1. The smallest absolute Gasteiger partial charge is 0.170 e. The zero-order valence-corrected chi connectivity index (χ0v) is 14.9. The summed E-state index contributed by atoms with van der Waals surface area (Å²) in [6.45, 7) is 9.61. The Hall–Kier alpha value is -1.88. The summed E-state index contributed by atoms with van der Waals surface area (Å²) in [5.41, 5.74) is 4.71. The molecule has 122 valence electrons. The van der Waals surface area contributed by atoms with Crippen LogP contribution >= 0.6 is 12.2 Å². The lowest BCUT2D eigenvalue weighted by Gasteiger charge is -2.29. The van der Waals surface area contributed by atoms with E-state index in [2.05, 4.69) is 60.0 Å². The van der Waals surface area contributed by atoms with Crippen molar-refractivity contribution in [3.63, 3.8) is 0 Å². The molecule has 2 N–H and O–H groups in total. The number of H-pyrrole nitrogens is 1. The van der Waals surface area contributed by atoms with Gasteiger partial charge in [0, 0.05) is 24.1 Å². The molecular formula is C18H24N4S. The van der Waals surface area contributed by atoms with Gasteiger partial charge in [-0.25, -0.2) is 0 Å². The molecule has 0 aliphatic carbocycles. The molecule has 2 aromatic rings. The van der Waals surface area contributed by atoms with Crippen LogP contribution in [0.2, 0.25) is 0 Å². The fraction of sp³-hybridized carbons (Fsp3) is 0.444. The van der Waals surface area contributed by atoms with E-state index in [1.807, 2.05) is 18.3 Å². The highest BCUT2D eigenvalue weighted by molar-refractivity contribution is 7.80. The van der Waals surface area contributed by atoms with Crippen LogP contribution < -0.4 is 5.32 Å². The standard InChI is InChI=1S/C18H24N4S/c1-11(2)10-22-17(14-9-12(3)20-13(14)4)16(21-18(22)23)15-7-5-6-8-19-15/h5-9,11,16-17,20H,10H2,1-4H3,(H,21,23)/t16-,17-/m0/s1. The molecular weight excluding hydrogens is 304 g/mol. The summed E-state index contributed by atoms with van der Waals surface area (Å²) in [6.07, 6.45) is 1.84. The van der Waals surface area contributed by atoms with Crippen molar-refractivity contribution in [2.45, 2.75) is 39.8 Å². The van der Waals surface area contributed by atoms with Gasteiger partial charge in [-0.2, -0.15) is 0 Å². The SMILES string of the molecule is Cc1cc([C@H]2[C@H](c3ccccn3)NC(=S)N2CC(C)C)c(C)[nH]1. The molecule has 1 saturated heterocycles. The van der Waals surface area contributed by atoms with E-state index in [0.29, 0.717) is 5.92 Å². The number of hydrogen-bond donors (Lipinski definition) is 2. The lowest BCUT2D eigenvalue weighted by Crippen LogP contribution is -2.33. The Kier molecular flexibility index (Phi) is 4.39. The van der Waals surface area contributed by atoms with E-state index in [4.69, 9.17) is 12.2 Å². The number of rotatable bonds is 4. The average molecular weight is 328 g/mol. The summed E-state index contributed by atoms with van der Waals surface area (Å²) in [5, 5.41) is 4.31. The number of aryl methyl sites for hydroxylation is 2. The van der Waals surface area contributed by atoms with E-state index in [9.17, 15) is 0 Å². The molecule has 4 nitrogen and oxygen atoms in total. The second-order valence-electron chi connectivity index (χ2n) is 6.71. The van der Waals surface area contributed by atoms with Crippen LogP contribution in [0.4, 0.5) is 0 Å². The van der Waals surface area contributed by atoms with E-state index < -0.39 is 0 Å². The summed E-state index contributed by atoms with van der Waals surface area (Å²) in [4.78, 5) is 10.3. The van der Waals surface area contributed by atoms with Crippen molar-refractivity contribution in [2.24, 2.45) is 5.92 Å². The summed E-state index contributed by atoms with van der Waals surface area (Å²) < 4.78 is 0. The molecule has 0 radical (unpaired) electrons. The van der Waals surface area contributed by atoms with Crippen molar-refractivity contribution >= 4 is 17.3 Å². The predicted octanol–water partition coefficient (Wildman–Crippen LogP) is 3.66. The first-order valence-electron chi connectivity index (χ1n) is 8.11. The zero-order valence-electron chi connectivity index (χ0n) is 14.1. The van der Waals surface area contributed by atoms with Crippen LogP contribution in [-0.2, 0) is 0 Å². The number of nitrogens with one attached hydrogen (secondary N) is 2. The first kappa shape index (κ1) is 16.0. The van der Waals surface area contributed by atoms with Crippen LogP contribution in [0.15, 0.2) is 30.5 Å². The highest BCUT2D eigenvalue weighted by Crippen LogP contribution is 2.40. The van der Waals surface area contributed by atoms with Gasteiger partial charge in [0.1, 0.15) is 0 Å². The number of aromatic nitrogens is 2. The van der Waals surface area contributed by atoms with Crippen LogP contribution in [0.3, 0.4) is 0 Å². The predicted molar refractivity (Wildman–Crippen MR) is 97.3 cm³/mol. The largest absolute Gasteiger partial charge is 0.362 e. The minimum absolute atomic E-state index is 0.0800. The molecule has 2 aromatic heterocycles. The van der Waals surface area contributed by atoms with E-state index in [-0.39, 0.29) is 12.1 Å². The van der Waals surface area contributed by atoms with Crippen molar-refractivity contribution in [3.8, 4) is 0 Å². The van der Waals surface area contributed by atoms with Gasteiger partial charge < -0.3 is 15.2 Å². The lowest BCUT2D eigenvalue weighted by atomic mass is 9.96. The highest BCUT2D eigenvalue weighted by Gasteiger charge is 2.40. The summed E-state index contributed by atoms with van der Waals surface area (Å²) >= 11 is 5.64. The minimum atomic E-state index is 0.0800. The Morgan fingerprint density at radius 3 is 2.65 bits per heavy atom. The first-order valence-corrected chi connectivity index (χ1v) is 8.52. The quantitative estimate of drug-likeness (QED) is 0.841. The van der Waals surface area contributed by atoms with Crippen LogP contribution in [0.5, 0.6) is 0 Å². The van der Waals surface area contributed by atoms with E-state index in [1.54, 1.807) is 0 Å². The molecule has 5 heteroatoms. The molecule has 1 fully saturated rings. The molecule has 2 atom stereocenters. The average Bonchev–Trinajstić information content (AvgIpc) is 2.99. The zero-order chi connectivity index (χ0) is 16.6. The molecule has 3 heterocycles. The van der Waals surface area contributed by atoms with Gasteiger partial charge in [-0.3, -0.25) is 4.98 Å². The summed E-state index contributed by atoms with van der Waals surface area (Å²) in [7, 11) is 0. The molecule has 1 aliphatic rings. The third-order valence-corrected chi connectivity index (χ3v) is 4.62. The number of aromatic amines is 1. The number of nitrogens with zero attached hydrogens (tertiary/aromatic N) is 2. The highest BCUT2D eigenvalue weighted by atomic mass is 32.1. The van der Waals surface area contributed by atoms with E-state index in [0.717, 1.165) is 17.4 Å². The molecule has 0 aromatic carbocycles. The van der Waals surface area contributed by atoms with Crippen molar-refractivity contribution < 1.29 is 0 Å². The van der Waals surface area contributed by atoms with Crippen molar-refractivity contribution in [1.29, 1.82) is 0 Å². The molecule has 0 unspecified atom stereocenters. The number of hydrogen-bond acceptors (Lipinski definition) is 2.